The topological polar surface area (TPSA) is 71.3 Å². The molecule has 1 heterocycles. The first-order valence-electron chi connectivity index (χ1n) is 7.43. The Morgan fingerprint density at radius 1 is 1.43 bits per heavy atom. The van der Waals surface area contributed by atoms with Crippen LogP contribution in [0.2, 0.25) is 0 Å². The van der Waals surface area contributed by atoms with Crippen LogP contribution in [-0.4, -0.2) is 21.0 Å². The monoisotopic (exact) mass is 378 g/mol. The van der Waals surface area contributed by atoms with Crippen LogP contribution in [0.4, 0.5) is 0 Å². The van der Waals surface area contributed by atoms with Crippen molar-refractivity contribution >= 4 is 26.0 Å². The van der Waals surface area contributed by atoms with Gasteiger partial charge in [0.05, 0.1) is 6.54 Å². The van der Waals surface area contributed by atoms with Gasteiger partial charge in [0.2, 0.25) is 10.0 Å². The van der Waals surface area contributed by atoms with Crippen molar-refractivity contribution in [1.82, 2.24) is 10.0 Å². The summed E-state index contributed by atoms with van der Waals surface area (Å²) in [4.78, 5) is 0.190. The molecule has 0 aliphatic heterocycles. The van der Waals surface area contributed by atoms with E-state index < -0.39 is 10.0 Å². The molecule has 0 radical (unpaired) electrons. The van der Waals surface area contributed by atoms with E-state index in [1.54, 1.807) is 6.07 Å². The van der Waals surface area contributed by atoms with Gasteiger partial charge in [-0.1, -0.05) is 13.8 Å². The number of halogens is 1. The van der Waals surface area contributed by atoms with Gasteiger partial charge in [0.25, 0.3) is 0 Å². The highest BCUT2D eigenvalue weighted by atomic mass is 79.9. The number of hydrogen-bond donors (Lipinski definition) is 2. The van der Waals surface area contributed by atoms with E-state index in [2.05, 4.69) is 39.8 Å². The number of furan rings is 1. The van der Waals surface area contributed by atoms with Crippen LogP contribution in [0, 0.1) is 5.92 Å². The van der Waals surface area contributed by atoms with Crippen LogP contribution in [0.5, 0.6) is 0 Å². The van der Waals surface area contributed by atoms with Crippen LogP contribution in [0.3, 0.4) is 0 Å². The molecule has 0 saturated heterocycles. The zero-order valence-corrected chi connectivity index (χ0v) is 14.9. The van der Waals surface area contributed by atoms with Crippen molar-refractivity contribution in [2.45, 2.75) is 57.0 Å². The molecule has 7 heteroatoms. The molecule has 120 valence electrons. The zero-order chi connectivity index (χ0) is 15.5. The Hall–Kier alpha value is -0.370. The minimum absolute atomic E-state index is 0.0356. The van der Waals surface area contributed by atoms with E-state index in [0.29, 0.717) is 18.2 Å². The van der Waals surface area contributed by atoms with E-state index in [0.717, 1.165) is 32.2 Å². The summed E-state index contributed by atoms with van der Waals surface area (Å²) in [6.07, 6.45) is 3.90. The normalized spacial score (nSPS) is 22.8. The van der Waals surface area contributed by atoms with Crippen LogP contribution < -0.4 is 10.0 Å². The van der Waals surface area contributed by atoms with Crippen molar-refractivity contribution in [3.63, 3.8) is 0 Å². The van der Waals surface area contributed by atoms with Gasteiger partial charge in [-0.2, -0.15) is 0 Å². The number of nitrogens with one attached hydrogen (secondary N) is 2. The van der Waals surface area contributed by atoms with E-state index in [9.17, 15) is 8.42 Å². The summed E-state index contributed by atoms with van der Waals surface area (Å²) in [5.74, 6) is 1.20. The van der Waals surface area contributed by atoms with Crippen LogP contribution in [-0.2, 0) is 16.6 Å². The molecular weight excluding hydrogens is 356 g/mol. The molecule has 2 atom stereocenters. The van der Waals surface area contributed by atoms with Crippen molar-refractivity contribution in [2.24, 2.45) is 5.92 Å². The van der Waals surface area contributed by atoms with E-state index in [1.165, 1.54) is 0 Å². The third-order valence-electron chi connectivity index (χ3n) is 3.74. The van der Waals surface area contributed by atoms with Gasteiger partial charge in [0, 0.05) is 12.1 Å². The molecule has 5 nitrogen and oxygen atoms in total. The maximum absolute atomic E-state index is 12.4. The SMILES string of the molecule is CCCNCc1cc(S(=O)(=O)NC2CCC(C)C2)c(Br)o1. The molecule has 2 N–H and O–H groups in total. The lowest BCUT2D eigenvalue weighted by atomic mass is 10.1. The van der Waals surface area contributed by atoms with Crippen LogP contribution in [0.1, 0.15) is 45.3 Å². The average molecular weight is 379 g/mol. The van der Waals surface area contributed by atoms with E-state index in [-0.39, 0.29) is 15.6 Å². The highest BCUT2D eigenvalue weighted by molar-refractivity contribution is 9.10. The Labute approximate surface area is 135 Å². The summed E-state index contributed by atoms with van der Waals surface area (Å²) in [7, 11) is -3.53. The summed E-state index contributed by atoms with van der Waals surface area (Å²) in [5.41, 5.74) is 0. The highest BCUT2D eigenvalue weighted by Crippen LogP contribution is 2.29. The van der Waals surface area contributed by atoms with Gasteiger partial charge in [0.15, 0.2) is 4.67 Å². The van der Waals surface area contributed by atoms with Crippen molar-refractivity contribution in [1.29, 1.82) is 0 Å². The minimum atomic E-state index is -3.53. The van der Waals surface area contributed by atoms with Crippen molar-refractivity contribution in [2.75, 3.05) is 6.54 Å². The molecule has 0 amide bonds. The van der Waals surface area contributed by atoms with E-state index in [4.69, 9.17) is 4.42 Å². The summed E-state index contributed by atoms with van der Waals surface area (Å²) in [6, 6.07) is 1.63. The molecule has 1 fully saturated rings. The first-order chi connectivity index (χ1) is 9.92. The predicted octanol–water partition coefficient (Wildman–Crippen LogP) is 3.01. The highest BCUT2D eigenvalue weighted by Gasteiger charge is 2.29. The summed E-state index contributed by atoms with van der Waals surface area (Å²) >= 11 is 3.21. The number of rotatable bonds is 7. The summed E-state index contributed by atoms with van der Waals surface area (Å²) in [5, 5.41) is 3.19. The van der Waals surface area contributed by atoms with E-state index >= 15 is 0 Å². The third kappa shape index (κ3) is 4.55. The Balaban J connectivity index is 2.05. The van der Waals surface area contributed by atoms with E-state index in [1.807, 2.05) is 0 Å². The molecule has 0 bridgehead atoms. The first-order valence-corrected chi connectivity index (χ1v) is 9.71. The molecule has 21 heavy (non-hydrogen) atoms. The third-order valence-corrected chi connectivity index (χ3v) is 6.12. The fourth-order valence-electron chi connectivity index (χ4n) is 2.65. The Kier molecular flexibility index (Phi) is 5.88. The molecule has 1 aromatic heterocycles. The molecule has 1 aliphatic carbocycles. The lowest BCUT2D eigenvalue weighted by molar-refractivity contribution is 0.460. The van der Waals surface area contributed by atoms with Gasteiger partial charge >= 0.3 is 0 Å². The second kappa shape index (κ2) is 7.26. The minimum Gasteiger partial charge on any atom is -0.452 e. The predicted molar refractivity (Wildman–Crippen MR) is 85.5 cm³/mol. The second-order valence-electron chi connectivity index (χ2n) is 5.76. The average Bonchev–Trinajstić information content (AvgIpc) is 2.96. The molecule has 2 unspecified atom stereocenters. The molecule has 1 aliphatic rings. The van der Waals surface area contributed by atoms with Crippen molar-refractivity contribution < 1.29 is 12.8 Å². The summed E-state index contributed by atoms with van der Waals surface area (Å²) < 4.78 is 33.4. The van der Waals surface area contributed by atoms with Gasteiger partial charge in [-0.15, -0.1) is 0 Å². The smallest absolute Gasteiger partial charge is 0.245 e. The fraction of sp³-hybridized carbons (Fsp3) is 0.714. The Morgan fingerprint density at radius 2 is 2.19 bits per heavy atom. The van der Waals surface area contributed by atoms with Gasteiger partial charge < -0.3 is 9.73 Å². The number of sulfonamides is 1. The molecular formula is C14H23BrN2O3S. The van der Waals surface area contributed by atoms with Crippen molar-refractivity contribution in [3.8, 4) is 0 Å². The molecule has 1 aromatic rings. The molecule has 1 saturated carbocycles. The molecule has 0 aromatic carbocycles. The van der Waals surface area contributed by atoms with Crippen molar-refractivity contribution in [3.05, 3.63) is 16.5 Å². The quantitative estimate of drug-likeness (QED) is 0.715. The largest absolute Gasteiger partial charge is 0.452 e. The zero-order valence-electron chi connectivity index (χ0n) is 12.5. The Bertz CT molecular complexity index is 571. The standard InChI is InChI=1S/C14H23BrN2O3S/c1-3-6-16-9-12-8-13(14(15)20-12)21(18,19)17-11-5-4-10(2)7-11/h8,10-11,16-17H,3-7,9H2,1-2H3. The summed E-state index contributed by atoms with van der Waals surface area (Å²) in [6.45, 7) is 5.63. The Morgan fingerprint density at radius 3 is 2.81 bits per heavy atom. The lowest BCUT2D eigenvalue weighted by Gasteiger charge is -2.11. The van der Waals surface area contributed by atoms with Gasteiger partial charge in [-0.25, -0.2) is 13.1 Å². The second-order valence-corrected chi connectivity index (χ2v) is 8.17. The molecule has 0 spiro atoms. The first kappa shape index (κ1) is 17.0. The van der Waals surface area contributed by atoms with Crippen LogP contribution in [0.25, 0.3) is 0 Å². The number of hydrogen-bond acceptors (Lipinski definition) is 4. The fourth-order valence-corrected chi connectivity index (χ4v) is 4.93. The van der Waals surface area contributed by atoms with Gasteiger partial charge in [0.1, 0.15) is 10.7 Å². The molecule has 2 rings (SSSR count). The van der Waals surface area contributed by atoms with Gasteiger partial charge in [-0.3, -0.25) is 0 Å². The maximum atomic E-state index is 12.4. The maximum Gasteiger partial charge on any atom is 0.245 e. The van der Waals surface area contributed by atoms with Crippen LogP contribution >= 0.6 is 15.9 Å². The van der Waals surface area contributed by atoms with Gasteiger partial charge in [-0.05, 0) is 54.1 Å². The van der Waals surface area contributed by atoms with Crippen LogP contribution in [0.15, 0.2) is 20.0 Å². The lowest BCUT2D eigenvalue weighted by Crippen LogP contribution is -2.32.